The fourth-order valence-electron chi connectivity index (χ4n) is 1.83. The number of nitrogens with zero attached hydrogens (tertiary/aromatic N) is 2. The van der Waals surface area contributed by atoms with Gasteiger partial charge in [-0.25, -0.2) is 13.8 Å². The summed E-state index contributed by atoms with van der Waals surface area (Å²) in [5.74, 6) is 2.61. The molecule has 0 spiro atoms. The number of nitrogens with one attached hydrogen (secondary N) is 2. The van der Waals surface area contributed by atoms with Crippen LogP contribution in [0.15, 0.2) is 30.9 Å². The molecule has 0 saturated carbocycles. The van der Waals surface area contributed by atoms with Crippen molar-refractivity contribution in [3.05, 3.63) is 48.1 Å². The van der Waals surface area contributed by atoms with Crippen molar-refractivity contribution < 1.29 is 13.6 Å². The van der Waals surface area contributed by atoms with Crippen LogP contribution in [0.2, 0.25) is 0 Å². The summed E-state index contributed by atoms with van der Waals surface area (Å²) in [4.78, 5) is 15.7. The van der Waals surface area contributed by atoms with E-state index in [1.54, 1.807) is 12.5 Å². The lowest BCUT2D eigenvalue weighted by atomic mass is 10.1. The van der Waals surface area contributed by atoms with Crippen LogP contribution < -0.4 is 16.6 Å². The topological polar surface area (TPSA) is 85.0 Å². The van der Waals surface area contributed by atoms with E-state index in [4.69, 9.17) is 5.84 Å². The molecule has 1 amide bonds. The van der Waals surface area contributed by atoms with Gasteiger partial charge in [0.1, 0.15) is 5.69 Å². The van der Waals surface area contributed by atoms with Gasteiger partial charge in [0.2, 0.25) is 0 Å². The molecule has 21 heavy (non-hydrogen) atoms. The van der Waals surface area contributed by atoms with Gasteiger partial charge in [-0.3, -0.25) is 10.6 Å². The van der Waals surface area contributed by atoms with Crippen molar-refractivity contribution in [1.29, 1.82) is 0 Å². The van der Waals surface area contributed by atoms with E-state index in [-0.39, 0.29) is 5.56 Å². The predicted molar refractivity (Wildman–Crippen MR) is 73.3 cm³/mol. The van der Waals surface area contributed by atoms with Crippen LogP contribution in [-0.2, 0) is 6.54 Å². The molecule has 0 bridgehead atoms. The van der Waals surface area contributed by atoms with Crippen LogP contribution in [0.25, 0.3) is 0 Å². The lowest BCUT2D eigenvalue weighted by Gasteiger charge is -2.08. The number of anilines is 1. The van der Waals surface area contributed by atoms with Crippen molar-refractivity contribution in [2.75, 3.05) is 12.0 Å². The Hall–Kier alpha value is -2.48. The maximum Gasteiger partial charge on any atom is 0.251 e. The molecule has 0 unspecified atom stereocenters. The third kappa shape index (κ3) is 3.76. The van der Waals surface area contributed by atoms with Crippen LogP contribution in [0.3, 0.4) is 0 Å². The van der Waals surface area contributed by atoms with E-state index < -0.39 is 23.2 Å². The highest BCUT2D eigenvalue weighted by molar-refractivity contribution is 5.94. The monoisotopic (exact) mass is 295 g/mol. The van der Waals surface area contributed by atoms with Gasteiger partial charge in [0.25, 0.3) is 5.91 Å². The first-order chi connectivity index (χ1) is 10.1. The third-order valence-electron chi connectivity index (χ3n) is 2.89. The highest BCUT2D eigenvalue weighted by Crippen LogP contribution is 2.19. The zero-order chi connectivity index (χ0) is 15.2. The first-order valence-electron chi connectivity index (χ1n) is 6.31. The number of hydrogen-bond acceptors (Lipinski definition) is 4. The number of aromatic nitrogens is 2. The number of benzene rings is 1. The van der Waals surface area contributed by atoms with Gasteiger partial charge in [0, 0.05) is 31.0 Å². The molecule has 2 aromatic rings. The number of imidazole rings is 1. The van der Waals surface area contributed by atoms with Crippen molar-refractivity contribution in [3.63, 3.8) is 0 Å². The maximum atomic E-state index is 13.5. The highest BCUT2D eigenvalue weighted by atomic mass is 19.1. The van der Waals surface area contributed by atoms with E-state index in [0.717, 1.165) is 12.1 Å². The van der Waals surface area contributed by atoms with Crippen LogP contribution in [0.5, 0.6) is 0 Å². The third-order valence-corrected chi connectivity index (χ3v) is 2.89. The highest BCUT2D eigenvalue weighted by Gasteiger charge is 2.14. The molecule has 1 aromatic carbocycles. The van der Waals surface area contributed by atoms with Gasteiger partial charge in [0.15, 0.2) is 11.6 Å². The van der Waals surface area contributed by atoms with E-state index in [0.29, 0.717) is 19.5 Å². The van der Waals surface area contributed by atoms with Crippen LogP contribution in [0, 0.1) is 11.6 Å². The number of nitrogens with two attached hydrogens (primary N) is 1. The average molecular weight is 295 g/mol. The quantitative estimate of drug-likeness (QED) is 0.425. The summed E-state index contributed by atoms with van der Waals surface area (Å²) in [5.41, 5.74) is 1.35. The average Bonchev–Trinajstić information content (AvgIpc) is 2.96. The number of amides is 1. The fourth-order valence-corrected chi connectivity index (χ4v) is 1.83. The van der Waals surface area contributed by atoms with Crippen molar-refractivity contribution in [3.8, 4) is 0 Å². The van der Waals surface area contributed by atoms with Gasteiger partial charge < -0.3 is 15.3 Å². The number of aryl methyl sites for hydroxylation is 1. The summed E-state index contributed by atoms with van der Waals surface area (Å²) >= 11 is 0. The Balaban J connectivity index is 1.88. The number of rotatable bonds is 6. The second-order valence-corrected chi connectivity index (χ2v) is 4.37. The Bertz CT molecular complexity index is 592. The molecule has 6 nitrogen and oxygen atoms in total. The fraction of sp³-hybridized carbons (Fsp3) is 0.231. The first-order valence-corrected chi connectivity index (χ1v) is 6.31. The van der Waals surface area contributed by atoms with Crippen LogP contribution in [0.4, 0.5) is 14.5 Å². The van der Waals surface area contributed by atoms with Crippen LogP contribution >= 0.6 is 0 Å². The summed E-state index contributed by atoms with van der Waals surface area (Å²) in [6, 6.07) is 1.87. The molecule has 0 aliphatic carbocycles. The molecule has 8 heteroatoms. The molecular formula is C13H15F2N5O. The van der Waals surface area contributed by atoms with Gasteiger partial charge in [-0.05, 0) is 18.6 Å². The minimum Gasteiger partial charge on any atom is -0.352 e. The van der Waals surface area contributed by atoms with E-state index in [1.807, 2.05) is 16.2 Å². The molecule has 0 aliphatic heterocycles. The zero-order valence-electron chi connectivity index (χ0n) is 11.1. The van der Waals surface area contributed by atoms with Gasteiger partial charge >= 0.3 is 0 Å². The molecule has 0 saturated heterocycles. The Morgan fingerprint density at radius 2 is 2.05 bits per heavy atom. The Morgan fingerprint density at radius 3 is 2.62 bits per heavy atom. The zero-order valence-corrected chi connectivity index (χ0v) is 11.1. The minimum absolute atomic E-state index is 0.0911. The number of halogens is 2. The standard InChI is InChI=1S/C13H15F2N5O/c14-10-6-9(7-11(15)12(10)19-16)13(21)18-2-1-4-20-5-3-17-8-20/h3,5-8,19H,1-2,4,16H2,(H,18,21). The van der Waals surface area contributed by atoms with Crippen LogP contribution in [0.1, 0.15) is 16.8 Å². The van der Waals surface area contributed by atoms with Crippen molar-refractivity contribution in [2.45, 2.75) is 13.0 Å². The normalized spacial score (nSPS) is 10.4. The van der Waals surface area contributed by atoms with Gasteiger partial charge in [-0.1, -0.05) is 0 Å². The van der Waals surface area contributed by atoms with Gasteiger partial charge in [-0.2, -0.15) is 0 Å². The largest absolute Gasteiger partial charge is 0.352 e. The number of hydrogen-bond donors (Lipinski definition) is 3. The molecule has 0 radical (unpaired) electrons. The Morgan fingerprint density at radius 1 is 1.33 bits per heavy atom. The summed E-state index contributed by atoms with van der Waals surface area (Å²) < 4.78 is 28.8. The number of nitrogen functional groups attached to an aromatic ring is 1. The van der Waals surface area contributed by atoms with E-state index in [2.05, 4.69) is 10.3 Å². The van der Waals surface area contributed by atoms with E-state index in [1.165, 1.54) is 0 Å². The molecule has 1 aromatic heterocycles. The molecule has 0 fully saturated rings. The molecule has 0 aliphatic rings. The molecule has 1 heterocycles. The molecule has 4 N–H and O–H groups in total. The Kier molecular flexibility index (Phi) is 4.83. The van der Waals surface area contributed by atoms with Crippen molar-refractivity contribution in [2.24, 2.45) is 5.84 Å². The number of carbonyl (C=O) groups is 1. The second-order valence-electron chi connectivity index (χ2n) is 4.37. The summed E-state index contributed by atoms with van der Waals surface area (Å²) in [6.07, 6.45) is 5.82. The Labute approximate surface area is 119 Å². The van der Waals surface area contributed by atoms with Gasteiger partial charge in [0.05, 0.1) is 6.33 Å². The predicted octanol–water partition coefficient (Wildman–Crippen LogP) is 1.27. The molecular weight excluding hydrogens is 280 g/mol. The molecule has 0 atom stereocenters. The number of hydrazine groups is 1. The summed E-state index contributed by atoms with van der Waals surface area (Å²) in [5, 5.41) is 2.60. The SMILES string of the molecule is NNc1c(F)cc(C(=O)NCCCn2ccnc2)cc1F. The smallest absolute Gasteiger partial charge is 0.251 e. The lowest BCUT2D eigenvalue weighted by Crippen LogP contribution is -2.25. The van der Waals surface area contributed by atoms with Gasteiger partial charge in [-0.15, -0.1) is 0 Å². The van der Waals surface area contributed by atoms with E-state index >= 15 is 0 Å². The van der Waals surface area contributed by atoms with Crippen molar-refractivity contribution in [1.82, 2.24) is 14.9 Å². The van der Waals surface area contributed by atoms with Crippen molar-refractivity contribution >= 4 is 11.6 Å². The molecule has 112 valence electrons. The lowest BCUT2D eigenvalue weighted by molar-refractivity contribution is 0.0952. The summed E-state index contributed by atoms with van der Waals surface area (Å²) in [7, 11) is 0. The van der Waals surface area contributed by atoms with Crippen LogP contribution in [-0.4, -0.2) is 22.0 Å². The number of carbonyl (C=O) groups excluding carboxylic acids is 1. The minimum atomic E-state index is -0.916. The summed E-state index contributed by atoms with van der Waals surface area (Å²) in [6.45, 7) is 1.08. The first kappa shape index (κ1) is 14.9. The van der Waals surface area contributed by atoms with E-state index in [9.17, 15) is 13.6 Å². The molecule has 2 rings (SSSR count). The maximum absolute atomic E-state index is 13.5. The second kappa shape index (κ2) is 6.80.